The number of ether oxygens (including phenoxy) is 1. The molecule has 3 heteroatoms. The van der Waals surface area contributed by atoms with Crippen LogP contribution in [0.15, 0.2) is 24.3 Å². The number of morpholine rings is 1. The molecule has 116 valence electrons. The van der Waals surface area contributed by atoms with E-state index in [2.05, 4.69) is 29.2 Å². The Balaban J connectivity index is 1.67. The monoisotopic (exact) mass is 288 g/mol. The summed E-state index contributed by atoms with van der Waals surface area (Å²) in [6.45, 7) is 5.67. The van der Waals surface area contributed by atoms with E-state index in [0.29, 0.717) is 0 Å². The molecule has 1 aliphatic carbocycles. The Morgan fingerprint density at radius 1 is 1.00 bits per heavy atom. The molecule has 1 aliphatic heterocycles. The van der Waals surface area contributed by atoms with Gasteiger partial charge in [-0.3, -0.25) is 4.90 Å². The van der Waals surface area contributed by atoms with E-state index < -0.39 is 0 Å². The summed E-state index contributed by atoms with van der Waals surface area (Å²) in [5.41, 5.74) is 9.24. The van der Waals surface area contributed by atoms with E-state index in [1.165, 1.54) is 43.2 Å². The molecule has 0 unspecified atom stereocenters. The van der Waals surface area contributed by atoms with Gasteiger partial charge in [0.15, 0.2) is 0 Å². The Morgan fingerprint density at radius 3 is 2.29 bits per heavy atom. The molecule has 3 rings (SSSR count). The molecular formula is C18H28N2O. The Bertz CT molecular complexity index is 431. The molecule has 1 heterocycles. The molecule has 1 saturated heterocycles. The van der Waals surface area contributed by atoms with Crippen LogP contribution in [0.4, 0.5) is 0 Å². The average Bonchev–Trinajstić information content (AvgIpc) is 2.57. The van der Waals surface area contributed by atoms with Crippen LogP contribution in [0, 0.1) is 0 Å². The molecule has 2 N–H and O–H groups in total. The van der Waals surface area contributed by atoms with Crippen molar-refractivity contribution in [2.75, 3.05) is 32.8 Å². The van der Waals surface area contributed by atoms with Crippen LogP contribution >= 0.6 is 0 Å². The molecule has 1 aromatic rings. The van der Waals surface area contributed by atoms with E-state index in [-0.39, 0.29) is 5.41 Å². The molecule has 1 saturated carbocycles. The zero-order chi connectivity index (χ0) is 14.5. The molecule has 2 fully saturated rings. The summed E-state index contributed by atoms with van der Waals surface area (Å²) in [6.07, 6.45) is 6.54. The molecule has 3 nitrogen and oxygen atoms in total. The van der Waals surface area contributed by atoms with Crippen LogP contribution in [0.3, 0.4) is 0 Å². The normalized spacial score (nSPS) is 23.1. The van der Waals surface area contributed by atoms with Crippen molar-refractivity contribution in [3.63, 3.8) is 0 Å². The van der Waals surface area contributed by atoms with E-state index in [4.69, 9.17) is 10.5 Å². The highest BCUT2D eigenvalue weighted by molar-refractivity contribution is 5.30. The lowest BCUT2D eigenvalue weighted by atomic mass is 9.69. The second-order valence-corrected chi connectivity index (χ2v) is 6.63. The van der Waals surface area contributed by atoms with E-state index >= 15 is 0 Å². The lowest BCUT2D eigenvalue weighted by Crippen LogP contribution is -2.37. The molecule has 0 spiro atoms. The van der Waals surface area contributed by atoms with Crippen LogP contribution in [0.1, 0.15) is 43.2 Å². The van der Waals surface area contributed by atoms with Gasteiger partial charge in [-0.25, -0.2) is 0 Å². The smallest absolute Gasteiger partial charge is 0.0594 e. The third-order valence-corrected chi connectivity index (χ3v) is 5.28. The minimum atomic E-state index is 0.246. The van der Waals surface area contributed by atoms with Crippen LogP contribution in [0.2, 0.25) is 0 Å². The van der Waals surface area contributed by atoms with Gasteiger partial charge in [-0.1, -0.05) is 43.5 Å². The number of hydrogen-bond acceptors (Lipinski definition) is 3. The van der Waals surface area contributed by atoms with Crippen molar-refractivity contribution in [2.24, 2.45) is 5.73 Å². The van der Waals surface area contributed by atoms with Crippen molar-refractivity contribution in [1.82, 2.24) is 4.90 Å². The van der Waals surface area contributed by atoms with Crippen LogP contribution in [0.5, 0.6) is 0 Å². The minimum Gasteiger partial charge on any atom is -0.379 e. The van der Waals surface area contributed by atoms with Gasteiger partial charge in [-0.05, 0) is 24.0 Å². The highest BCUT2D eigenvalue weighted by Crippen LogP contribution is 2.38. The molecule has 0 amide bonds. The first-order valence-corrected chi connectivity index (χ1v) is 8.42. The Morgan fingerprint density at radius 2 is 1.67 bits per heavy atom. The summed E-state index contributed by atoms with van der Waals surface area (Å²) in [4.78, 5) is 2.47. The van der Waals surface area contributed by atoms with E-state index in [1.807, 2.05) is 0 Å². The maximum Gasteiger partial charge on any atom is 0.0594 e. The fourth-order valence-corrected chi connectivity index (χ4v) is 3.82. The van der Waals surface area contributed by atoms with E-state index in [0.717, 1.165) is 39.4 Å². The summed E-state index contributed by atoms with van der Waals surface area (Å²) in [5, 5.41) is 0. The zero-order valence-electron chi connectivity index (χ0n) is 13.0. The first kappa shape index (κ1) is 15.0. The highest BCUT2D eigenvalue weighted by Gasteiger charge is 2.32. The third kappa shape index (κ3) is 3.47. The number of hydrogen-bond donors (Lipinski definition) is 1. The second-order valence-electron chi connectivity index (χ2n) is 6.63. The van der Waals surface area contributed by atoms with Gasteiger partial charge in [0, 0.05) is 31.6 Å². The Labute approximate surface area is 128 Å². The van der Waals surface area contributed by atoms with Crippen molar-refractivity contribution in [3.05, 3.63) is 35.4 Å². The topological polar surface area (TPSA) is 38.5 Å². The summed E-state index contributed by atoms with van der Waals surface area (Å²) in [5.74, 6) is 0. The Hall–Kier alpha value is -0.900. The maximum atomic E-state index is 6.14. The van der Waals surface area contributed by atoms with Gasteiger partial charge in [0.2, 0.25) is 0 Å². The molecule has 0 atom stereocenters. The van der Waals surface area contributed by atoms with Crippen molar-refractivity contribution in [1.29, 1.82) is 0 Å². The predicted octanol–water partition coefficient (Wildman–Crippen LogP) is 2.68. The van der Waals surface area contributed by atoms with Crippen molar-refractivity contribution >= 4 is 0 Å². The summed E-state index contributed by atoms with van der Waals surface area (Å²) in [6, 6.07) is 9.26. The van der Waals surface area contributed by atoms with Crippen molar-refractivity contribution in [2.45, 2.75) is 44.1 Å². The van der Waals surface area contributed by atoms with Crippen LogP contribution in [-0.4, -0.2) is 37.7 Å². The highest BCUT2D eigenvalue weighted by atomic mass is 16.5. The van der Waals surface area contributed by atoms with Crippen molar-refractivity contribution in [3.8, 4) is 0 Å². The fourth-order valence-electron chi connectivity index (χ4n) is 3.82. The van der Waals surface area contributed by atoms with E-state index in [9.17, 15) is 0 Å². The summed E-state index contributed by atoms with van der Waals surface area (Å²) in [7, 11) is 0. The van der Waals surface area contributed by atoms with Crippen LogP contribution in [-0.2, 0) is 16.7 Å². The lowest BCUT2D eigenvalue weighted by molar-refractivity contribution is 0.0342. The minimum absolute atomic E-state index is 0.246. The molecule has 0 bridgehead atoms. The quantitative estimate of drug-likeness (QED) is 0.926. The van der Waals surface area contributed by atoms with E-state index in [1.54, 1.807) is 0 Å². The number of nitrogens with zero attached hydrogens (tertiary/aromatic N) is 1. The number of benzene rings is 1. The second kappa shape index (κ2) is 6.91. The standard InChI is InChI=1S/C18H28N2O/c19-15-18(8-2-1-3-9-18)17-6-4-16(5-7-17)14-20-10-12-21-13-11-20/h4-7H,1-3,8-15,19H2. The van der Waals surface area contributed by atoms with Gasteiger partial charge < -0.3 is 10.5 Å². The Kier molecular flexibility index (Phi) is 4.94. The first-order chi connectivity index (χ1) is 10.3. The first-order valence-electron chi connectivity index (χ1n) is 8.42. The molecule has 2 aliphatic rings. The van der Waals surface area contributed by atoms with Gasteiger partial charge in [-0.2, -0.15) is 0 Å². The number of nitrogens with two attached hydrogens (primary N) is 1. The number of rotatable bonds is 4. The fraction of sp³-hybridized carbons (Fsp3) is 0.667. The molecule has 0 aromatic heterocycles. The maximum absolute atomic E-state index is 6.14. The molecule has 1 aromatic carbocycles. The lowest BCUT2D eigenvalue weighted by Gasteiger charge is -2.37. The summed E-state index contributed by atoms with van der Waals surface area (Å²) < 4.78 is 5.41. The SMILES string of the molecule is NCC1(c2ccc(CN3CCOCC3)cc2)CCCCC1. The average molecular weight is 288 g/mol. The van der Waals surface area contributed by atoms with Gasteiger partial charge in [-0.15, -0.1) is 0 Å². The third-order valence-electron chi connectivity index (χ3n) is 5.28. The summed E-state index contributed by atoms with van der Waals surface area (Å²) >= 11 is 0. The van der Waals surface area contributed by atoms with Gasteiger partial charge in [0.25, 0.3) is 0 Å². The van der Waals surface area contributed by atoms with Gasteiger partial charge >= 0.3 is 0 Å². The molecule has 0 radical (unpaired) electrons. The van der Waals surface area contributed by atoms with Crippen LogP contribution < -0.4 is 5.73 Å². The molecular weight excluding hydrogens is 260 g/mol. The molecule has 21 heavy (non-hydrogen) atoms. The zero-order valence-corrected chi connectivity index (χ0v) is 13.0. The largest absolute Gasteiger partial charge is 0.379 e. The predicted molar refractivity (Wildman–Crippen MR) is 86.4 cm³/mol. The van der Waals surface area contributed by atoms with Gasteiger partial charge in [0.05, 0.1) is 13.2 Å². The van der Waals surface area contributed by atoms with Gasteiger partial charge in [0.1, 0.15) is 0 Å². The van der Waals surface area contributed by atoms with Crippen molar-refractivity contribution < 1.29 is 4.74 Å². The van der Waals surface area contributed by atoms with Crippen LogP contribution in [0.25, 0.3) is 0 Å².